The van der Waals surface area contributed by atoms with Crippen molar-refractivity contribution in [3.05, 3.63) is 58.7 Å². The summed E-state index contributed by atoms with van der Waals surface area (Å²) in [6.07, 6.45) is 0.602. The van der Waals surface area contributed by atoms with Crippen molar-refractivity contribution in [2.24, 2.45) is 0 Å². The monoisotopic (exact) mass is 418 g/mol. The highest BCUT2D eigenvalue weighted by Crippen LogP contribution is 2.33. The molecule has 0 radical (unpaired) electrons. The Bertz CT molecular complexity index is 1000. The molecule has 0 fully saturated rings. The van der Waals surface area contributed by atoms with Crippen LogP contribution in [-0.2, 0) is 23.0 Å². The normalized spacial score (nSPS) is 14.2. The number of methoxy groups -OCH3 is 2. The average Bonchev–Trinajstić information content (AvgIpc) is 2.72. The summed E-state index contributed by atoms with van der Waals surface area (Å²) in [4.78, 5) is 12.2. The maximum atomic E-state index is 12.8. The summed E-state index contributed by atoms with van der Waals surface area (Å²) in [6.45, 7) is 2.64. The molecule has 8 heteroatoms. The van der Waals surface area contributed by atoms with Gasteiger partial charge in [-0.2, -0.15) is 4.31 Å². The van der Waals surface area contributed by atoms with Crippen molar-refractivity contribution in [1.82, 2.24) is 9.62 Å². The van der Waals surface area contributed by atoms with Crippen molar-refractivity contribution in [1.29, 1.82) is 0 Å². The van der Waals surface area contributed by atoms with Gasteiger partial charge in [-0.05, 0) is 48.7 Å². The van der Waals surface area contributed by atoms with E-state index >= 15 is 0 Å². The molecule has 1 heterocycles. The Morgan fingerprint density at radius 3 is 2.45 bits per heavy atom. The summed E-state index contributed by atoms with van der Waals surface area (Å²) in [6, 6.07) is 10.9. The van der Waals surface area contributed by atoms with Crippen molar-refractivity contribution in [3.8, 4) is 11.5 Å². The standard InChI is InChI=1S/C21H26N2O5S/c1-15-5-4-6-17(11-15)21(24)22-8-10-29(25,26)23-9-7-16-12-19(27-2)20(28-3)13-18(16)14-23/h4-6,11-13H,7-10,14H2,1-3H3,(H,22,24). The fraction of sp³-hybridized carbons (Fsp3) is 0.381. The lowest BCUT2D eigenvalue weighted by Crippen LogP contribution is -2.40. The first kappa shape index (κ1) is 21.1. The number of benzene rings is 2. The minimum absolute atomic E-state index is 0.0599. The van der Waals surface area contributed by atoms with E-state index < -0.39 is 10.0 Å². The molecular weight excluding hydrogens is 392 g/mol. The Hall–Kier alpha value is -2.58. The molecule has 2 aromatic carbocycles. The van der Waals surface area contributed by atoms with Crippen LogP contribution in [0.25, 0.3) is 0 Å². The molecule has 0 aliphatic carbocycles. The highest BCUT2D eigenvalue weighted by Gasteiger charge is 2.27. The fourth-order valence-electron chi connectivity index (χ4n) is 3.41. The fourth-order valence-corrected chi connectivity index (χ4v) is 4.73. The van der Waals surface area contributed by atoms with E-state index in [0.717, 1.165) is 16.7 Å². The van der Waals surface area contributed by atoms with Gasteiger partial charge in [-0.1, -0.05) is 17.7 Å². The number of fused-ring (bicyclic) bond motifs is 1. The number of hydrogen-bond donors (Lipinski definition) is 1. The van der Waals surface area contributed by atoms with E-state index in [-0.39, 0.29) is 24.7 Å². The Balaban J connectivity index is 1.63. The Morgan fingerprint density at radius 1 is 1.10 bits per heavy atom. The molecule has 1 aliphatic heterocycles. The van der Waals surface area contributed by atoms with Gasteiger partial charge in [-0.15, -0.1) is 0 Å². The molecule has 1 amide bonds. The Kier molecular flexibility index (Phi) is 6.44. The number of sulfonamides is 1. The van der Waals surface area contributed by atoms with Crippen LogP contribution in [-0.4, -0.2) is 51.7 Å². The molecule has 0 spiro atoms. The second-order valence-corrected chi connectivity index (χ2v) is 9.09. The van der Waals surface area contributed by atoms with E-state index in [2.05, 4.69) is 5.32 Å². The third kappa shape index (κ3) is 4.89. The van der Waals surface area contributed by atoms with E-state index in [1.165, 1.54) is 4.31 Å². The number of hydrogen-bond acceptors (Lipinski definition) is 5. The van der Waals surface area contributed by atoms with Gasteiger partial charge in [0.2, 0.25) is 10.0 Å². The van der Waals surface area contributed by atoms with Crippen molar-refractivity contribution >= 4 is 15.9 Å². The number of amides is 1. The topological polar surface area (TPSA) is 84.9 Å². The summed E-state index contributed by atoms with van der Waals surface area (Å²) in [7, 11) is -0.368. The van der Waals surface area contributed by atoms with Gasteiger partial charge in [0.1, 0.15) is 0 Å². The van der Waals surface area contributed by atoms with Crippen LogP contribution in [0.1, 0.15) is 27.0 Å². The number of ether oxygens (including phenoxy) is 2. The second kappa shape index (κ2) is 8.84. The lowest BCUT2D eigenvalue weighted by molar-refractivity contribution is 0.0956. The van der Waals surface area contributed by atoms with Crippen LogP contribution in [0.4, 0.5) is 0 Å². The first-order valence-corrected chi connectivity index (χ1v) is 11.0. The molecular formula is C21H26N2O5S. The largest absolute Gasteiger partial charge is 0.493 e. The number of nitrogens with zero attached hydrogens (tertiary/aromatic N) is 1. The van der Waals surface area contributed by atoms with Crippen LogP contribution in [0.3, 0.4) is 0 Å². The third-order valence-corrected chi connectivity index (χ3v) is 6.82. The van der Waals surface area contributed by atoms with Gasteiger partial charge in [0, 0.05) is 25.2 Å². The molecule has 0 atom stereocenters. The smallest absolute Gasteiger partial charge is 0.251 e. The number of carbonyl (C=O) groups excluding carboxylic acids is 1. The number of rotatable bonds is 7. The molecule has 1 aliphatic rings. The van der Waals surface area contributed by atoms with E-state index in [0.29, 0.717) is 30.0 Å². The third-order valence-electron chi connectivity index (χ3n) is 5.00. The number of aryl methyl sites for hydroxylation is 1. The maximum absolute atomic E-state index is 12.8. The molecule has 0 saturated carbocycles. The summed E-state index contributed by atoms with van der Waals surface area (Å²) < 4.78 is 37.6. The first-order chi connectivity index (χ1) is 13.8. The quantitative estimate of drug-likeness (QED) is 0.745. The highest BCUT2D eigenvalue weighted by molar-refractivity contribution is 7.89. The zero-order valence-electron chi connectivity index (χ0n) is 16.9. The van der Waals surface area contributed by atoms with Gasteiger partial charge in [-0.25, -0.2) is 8.42 Å². The lowest BCUT2D eigenvalue weighted by atomic mass is 10.0. The van der Waals surface area contributed by atoms with Crippen LogP contribution in [0.15, 0.2) is 36.4 Å². The lowest BCUT2D eigenvalue weighted by Gasteiger charge is -2.29. The van der Waals surface area contributed by atoms with Gasteiger partial charge in [0.15, 0.2) is 11.5 Å². The van der Waals surface area contributed by atoms with Crippen molar-refractivity contribution in [2.45, 2.75) is 19.9 Å². The second-order valence-electron chi connectivity index (χ2n) is 7.00. The van der Waals surface area contributed by atoms with Crippen LogP contribution in [0.5, 0.6) is 11.5 Å². The molecule has 29 heavy (non-hydrogen) atoms. The predicted octanol–water partition coefficient (Wildman–Crippen LogP) is 2.13. The van der Waals surface area contributed by atoms with E-state index in [4.69, 9.17) is 9.47 Å². The van der Waals surface area contributed by atoms with Crippen LogP contribution in [0, 0.1) is 6.92 Å². The number of carbonyl (C=O) groups is 1. The molecule has 7 nitrogen and oxygen atoms in total. The minimum atomic E-state index is -3.50. The van der Waals surface area contributed by atoms with Crippen LogP contribution in [0.2, 0.25) is 0 Å². The van der Waals surface area contributed by atoms with Gasteiger partial charge >= 0.3 is 0 Å². The molecule has 0 aromatic heterocycles. The summed E-state index contributed by atoms with van der Waals surface area (Å²) >= 11 is 0. The van der Waals surface area contributed by atoms with E-state index in [9.17, 15) is 13.2 Å². The molecule has 3 rings (SSSR count). The first-order valence-electron chi connectivity index (χ1n) is 9.40. The van der Waals surface area contributed by atoms with E-state index in [1.54, 1.807) is 32.4 Å². The predicted molar refractivity (Wildman–Crippen MR) is 111 cm³/mol. The molecule has 0 bridgehead atoms. The van der Waals surface area contributed by atoms with Crippen LogP contribution >= 0.6 is 0 Å². The van der Waals surface area contributed by atoms with Gasteiger partial charge in [0.05, 0.1) is 20.0 Å². The van der Waals surface area contributed by atoms with Crippen molar-refractivity contribution in [3.63, 3.8) is 0 Å². The van der Waals surface area contributed by atoms with Gasteiger partial charge < -0.3 is 14.8 Å². The molecule has 1 N–H and O–H groups in total. The van der Waals surface area contributed by atoms with Gasteiger partial charge in [-0.3, -0.25) is 4.79 Å². The average molecular weight is 419 g/mol. The molecule has 2 aromatic rings. The van der Waals surface area contributed by atoms with E-state index in [1.807, 2.05) is 25.1 Å². The zero-order chi connectivity index (χ0) is 21.0. The van der Waals surface area contributed by atoms with Gasteiger partial charge in [0.25, 0.3) is 5.91 Å². The SMILES string of the molecule is COc1cc2c(cc1OC)CN(S(=O)(=O)CCNC(=O)c1cccc(C)c1)CC2. The van der Waals surface area contributed by atoms with Crippen molar-refractivity contribution < 1.29 is 22.7 Å². The Morgan fingerprint density at radius 2 is 1.79 bits per heavy atom. The molecule has 156 valence electrons. The highest BCUT2D eigenvalue weighted by atomic mass is 32.2. The minimum Gasteiger partial charge on any atom is -0.493 e. The summed E-state index contributed by atoms with van der Waals surface area (Å²) in [5.74, 6) is 0.801. The van der Waals surface area contributed by atoms with Crippen LogP contribution < -0.4 is 14.8 Å². The maximum Gasteiger partial charge on any atom is 0.251 e. The number of nitrogens with one attached hydrogen (secondary N) is 1. The summed E-state index contributed by atoms with van der Waals surface area (Å²) in [5.41, 5.74) is 3.46. The van der Waals surface area contributed by atoms with Crippen molar-refractivity contribution in [2.75, 3.05) is 33.1 Å². The molecule has 0 unspecified atom stereocenters. The zero-order valence-corrected chi connectivity index (χ0v) is 17.7. The summed E-state index contributed by atoms with van der Waals surface area (Å²) in [5, 5.41) is 2.69. The Labute approximate surface area is 171 Å². The molecule has 0 saturated heterocycles.